The average Bonchev–Trinajstić information content (AvgIpc) is 3.20. The maximum Gasteiger partial charge on any atom is 0.230 e. The van der Waals surface area contributed by atoms with Crippen LogP contribution in [0.25, 0.3) is 0 Å². The minimum atomic E-state index is -0.132. The first kappa shape index (κ1) is 22.7. The van der Waals surface area contributed by atoms with E-state index < -0.39 is 0 Å². The third-order valence-corrected chi connectivity index (χ3v) is 5.65. The van der Waals surface area contributed by atoms with Crippen molar-refractivity contribution in [2.45, 2.75) is 24.7 Å². The molecule has 0 spiro atoms. The van der Waals surface area contributed by atoms with Crippen molar-refractivity contribution in [1.29, 1.82) is 0 Å². The summed E-state index contributed by atoms with van der Waals surface area (Å²) >= 11 is 1.36. The maximum atomic E-state index is 12.3. The van der Waals surface area contributed by atoms with Crippen molar-refractivity contribution in [3.63, 3.8) is 0 Å². The molecule has 0 radical (unpaired) electrons. The molecule has 0 unspecified atom stereocenters. The molecule has 0 fully saturated rings. The van der Waals surface area contributed by atoms with E-state index in [1.165, 1.54) is 11.8 Å². The van der Waals surface area contributed by atoms with E-state index >= 15 is 0 Å². The normalized spacial score (nSPS) is 10.7. The van der Waals surface area contributed by atoms with Gasteiger partial charge in [-0.1, -0.05) is 48.2 Å². The first-order valence-electron chi connectivity index (χ1n) is 9.94. The van der Waals surface area contributed by atoms with Crippen molar-refractivity contribution in [2.75, 3.05) is 26.5 Å². The standard InChI is InChI=1S/C23H27N3O4S/c1-29-20-9-8-17(12-21(20)30-2)10-11-24-22(28)16-31-23-25-19(15-27)14-26(23)13-18-6-4-3-5-7-18/h3-9,12,14,27H,10-11,13,15-16H2,1-2H3,(H,24,28). The van der Waals surface area contributed by atoms with Crippen LogP contribution in [-0.2, 0) is 24.4 Å². The molecule has 3 aromatic rings. The van der Waals surface area contributed by atoms with Gasteiger partial charge < -0.3 is 24.5 Å². The fourth-order valence-corrected chi connectivity index (χ4v) is 3.93. The Bertz CT molecular complexity index is 992. The Kier molecular flexibility index (Phi) is 8.37. The summed E-state index contributed by atoms with van der Waals surface area (Å²) in [7, 11) is 3.20. The molecule has 164 valence electrons. The van der Waals surface area contributed by atoms with Crippen LogP contribution in [0.1, 0.15) is 16.8 Å². The SMILES string of the molecule is COc1ccc(CCNC(=O)CSc2nc(CO)cn2Cc2ccccc2)cc1OC. The quantitative estimate of drug-likeness (QED) is 0.445. The topological polar surface area (TPSA) is 85.6 Å². The molecule has 0 aliphatic heterocycles. The largest absolute Gasteiger partial charge is 0.493 e. The number of carbonyl (C=O) groups excluding carboxylic acids is 1. The van der Waals surface area contributed by atoms with Crippen LogP contribution in [0.2, 0.25) is 0 Å². The Balaban J connectivity index is 1.51. The van der Waals surface area contributed by atoms with E-state index in [-0.39, 0.29) is 18.3 Å². The summed E-state index contributed by atoms with van der Waals surface area (Å²) in [6.45, 7) is 1.03. The second-order valence-electron chi connectivity index (χ2n) is 6.86. The van der Waals surface area contributed by atoms with Crippen molar-refractivity contribution in [1.82, 2.24) is 14.9 Å². The minimum absolute atomic E-state index is 0.0645. The highest BCUT2D eigenvalue weighted by Gasteiger charge is 2.12. The molecular weight excluding hydrogens is 414 g/mol. The second kappa shape index (κ2) is 11.4. The monoisotopic (exact) mass is 441 g/mol. The molecule has 2 aromatic carbocycles. The number of methoxy groups -OCH3 is 2. The maximum absolute atomic E-state index is 12.3. The molecule has 31 heavy (non-hydrogen) atoms. The molecular formula is C23H27N3O4S. The number of nitrogens with zero attached hydrogens (tertiary/aromatic N) is 2. The molecule has 0 aliphatic carbocycles. The summed E-state index contributed by atoms with van der Waals surface area (Å²) in [6.07, 6.45) is 2.51. The van der Waals surface area contributed by atoms with E-state index in [9.17, 15) is 9.90 Å². The first-order chi connectivity index (χ1) is 15.1. The second-order valence-corrected chi connectivity index (χ2v) is 7.81. The van der Waals surface area contributed by atoms with Gasteiger partial charge >= 0.3 is 0 Å². The number of nitrogens with one attached hydrogen (secondary N) is 1. The van der Waals surface area contributed by atoms with Gasteiger partial charge in [0.15, 0.2) is 16.7 Å². The Morgan fingerprint density at radius 1 is 1.10 bits per heavy atom. The van der Waals surface area contributed by atoms with Crippen molar-refractivity contribution in [3.05, 3.63) is 71.5 Å². The molecule has 1 amide bonds. The number of rotatable bonds is 11. The third kappa shape index (κ3) is 6.50. The van der Waals surface area contributed by atoms with Crippen LogP contribution in [0.5, 0.6) is 11.5 Å². The number of hydrogen-bond donors (Lipinski definition) is 2. The molecule has 1 aromatic heterocycles. The lowest BCUT2D eigenvalue weighted by Gasteiger charge is -2.10. The molecule has 1 heterocycles. The zero-order chi connectivity index (χ0) is 22.1. The zero-order valence-corrected chi connectivity index (χ0v) is 18.5. The Morgan fingerprint density at radius 3 is 2.58 bits per heavy atom. The van der Waals surface area contributed by atoms with Gasteiger partial charge in [0.05, 0.1) is 32.3 Å². The fourth-order valence-electron chi connectivity index (χ4n) is 3.10. The highest BCUT2D eigenvalue weighted by atomic mass is 32.2. The van der Waals surface area contributed by atoms with Crippen LogP contribution in [0, 0.1) is 0 Å². The highest BCUT2D eigenvalue weighted by Crippen LogP contribution is 2.27. The van der Waals surface area contributed by atoms with Crippen molar-refractivity contribution in [2.24, 2.45) is 0 Å². The van der Waals surface area contributed by atoms with Gasteiger partial charge in [-0.05, 0) is 29.7 Å². The number of aliphatic hydroxyl groups excluding tert-OH is 1. The van der Waals surface area contributed by atoms with Gasteiger partial charge in [0.1, 0.15) is 0 Å². The fraction of sp³-hybridized carbons (Fsp3) is 0.304. The minimum Gasteiger partial charge on any atom is -0.493 e. The predicted molar refractivity (Wildman–Crippen MR) is 121 cm³/mol. The van der Waals surface area contributed by atoms with Gasteiger partial charge in [0.25, 0.3) is 0 Å². The third-order valence-electron chi connectivity index (χ3n) is 4.66. The van der Waals surface area contributed by atoms with Crippen LogP contribution in [0.15, 0.2) is 59.9 Å². The summed E-state index contributed by atoms with van der Waals surface area (Å²) in [5.74, 6) is 1.54. The number of carbonyl (C=O) groups is 1. The van der Waals surface area contributed by atoms with Crippen molar-refractivity contribution >= 4 is 17.7 Å². The Labute approximate surface area is 186 Å². The van der Waals surface area contributed by atoms with E-state index in [0.29, 0.717) is 41.9 Å². The molecule has 3 rings (SSSR count). The van der Waals surface area contributed by atoms with E-state index in [0.717, 1.165) is 11.1 Å². The number of imidazole rings is 1. The number of ether oxygens (including phenoxy) is 2. The van der Waals surface area contributed by atoms with Crippen LogP contribution < -0.4 is 14.8 Å². The molecule has 0 bridgehead atoms. The summed E-state index contributed by atoms with van der Waals surface area (Å²) < 4.78 is 12.5. The van der Waals surface area contributed by atoms with Crippen LogP contribution >= 0.6 is 11.8 Å². The van der Waals surface area contributed by atoms with Gasteiger partial charge in [-0.2, -0.15) is 0 Å². The molecule has 0 aliphatic rings. The van der Waals surface area contributed by atoms with Gasteiger partial charge in [-0.3, -0.25) is 4.79 Å². The lowest BCUT2D eigenvalue weighted by molar-refractivity contribution is -0.118. The summed E-state index contributed by atoms with van der Waals surface area (Å²) in [4.78, 5) is 16.7. The Morgan fingerprint density at radius 2 is 1.87 bits per heavy atom. The lowest BCUT2D eigenvalue weighted by atomic mass is 10.1. The highest BCUT2D eigenvalue weighted by molar-refractivity contribution is 7.99. The molecule has 7 nitrogen and oxygen atoms in total. The molecule has 8 heteroatoms. The van der Waals surface area contributed by atoms with Crippen LogP contribution in [-0.4, -0.2) is 47.1 Å². The van der Waals surface area contributed by atoms with Gasteiger partial charge in [-0.25, -0.2) is 4.98 Å². The van der Waals surface area contributed by atoms with E-state index in [1.807, 2.05) is 59.3 Å². The van der Waals surface area contributed by atoms with Gasteiger partial charge in [0, 0.05) is 19.3 Å². The van der Waals surface area contributed by atoms with Crippen LogP contribution in [0.3, 0.4) is 0 Å². The Hall–Kier alpha value is -2.97. The first-order valence-corrected chi connectivity index (χ1v) is 10.9. The van der Waals surface area contributed by atoms with E-state index in [1.54, 1.807) is 14.2 Å². The number of aliphatic hydroxyl groups is 1. The number of amides is 1. The number of hydrogen-bond acceptors (Lipinski definition) is 6. The summed E-state index contributed by atoms with van der Waals surface area (Å²) in [5.41, 5.74) is 2.77. The van der Waals surface area contributed by atoms with Crippen LogP contribution in [0.4, 0.5) is 0 Å². The zero-order valence-electron chi connectivity index (χ0n) is 17.7. The summed E-state index contributed by atoms with van der Waals surface area (Å²) in [5, 5.41) is 13.1. The van der Waals surface area contributed by atoms with Crippen molar-refractivity contribution in [3.8, 4) is 11.5 Å². The lowest BCUT2D eigenvalue weighted by Crippen LogP contribution is -2.27. The van der Waals surface area contributed by atoms with E-state index in [2.05, 4.69) is 10.3 Å². The smallest absolute Gasteiger partial charge is 0.230 e. The number of benzene rings is 2. The molecule has 2 N–H and O–H groups in total. The average molecular weight is 442 g/mol. The number of aromatic nitrogens is 2. The molecule has 0 saturated heterocycles. The van der Waals surface area contributed by atoms with Crippen molar-refractivity contribution < 1.29 is 19.4 Å². The predicted octanol–water partition coefficient (Wildman–Crippen LogP) is 2.89. The van der Waals surface area contributed by atoms with Gasteiger partial charge in [0.2, 0.25) is 5.91 Å². The molecule has 0 atom stereocenters. The number of thioether (sulfide) groups is 1. The molecule has 0 saturated carbocycles. The van der Waals surface area contributed by atoms with E-state index in [4.69, 9.17) is 9.47 Å². The summed E-state index contributed by atoms with van der Waals surface area (Å²) in [6, 6.07) is 15.7. The van der Waals surface area contributed by atoms with Gasteiger partial charge in [-0.15, -0.1) is 0 Å².